The molecule has 0 aliphatic rings. The molecule has 4 nitrogen and oxygen atoms in total. The minimum atomic E-state index is 0.232. The lowest BCUT2D eigenvalue weighted by Gasteiger charge is -2.21. The number of fused-ring (bicyclic) bond motifs is 4. The number of aromatic nitrogens is 2. The Morgan fingerprint density at radius 3 is 1.75 bits per heavy atom. The predicted molar refractivity (Wildman–Crippen MR) is 231 cm³/mol. The lowest BCUT2D eigenvalue weighted by molar-refractivity contribution is -0.633. The van der Waals surface area contributed by atoms with Gasteiger partial charge >= 0.3 is 0 Å². The molecular formula is C52H44N3O+. The number of nitriles is 1. The molecule has 0 aliphatic carbocycles. The number of rotatable bonds is 7. The maximum Gasteiger partial charge on any atom is 0.299 e. The van der Waals surface area contributed by atoms with E-state index in [1.54, 1.807) is 0 Å². The molecule has 0 saturated carbocycles. The Labute approximate surface area is 328 Å². The molecule has 2 aromatic heterocycles. The van der Waals surface area contributed by atoms with E-state index in [1.165, 1.54) is 39.1 Å². The van der Waals surface area contributed by atoms with Crippen LogP contribution in [0.4, 0.5) is 0 Å². The molecule has 2 heterocycles. The van der Waals surface area contributed by atoms with Gasteiger partial charge < -0.3 is 4.42 Å². The Kier molecular flexibility index (Phi) is 8.67. The third-order valence-electron chi connectivity index (χ3n) is 11.4. The van der Waals surface area contributed by atoms with Crippen LogP contribution in [-0.2, 0) is 7.05 Å². The molecule has 9 aromatic rings. The second kappa shape index (κ2) is 13.9. The number of furan rings is 1. The summed E-state index contributed by atoms with van der Waals surface area (Å²) in [4.78, 5) is 0. The van der Waals surface area contributed by atoms with Crippen LogP contribution < -0.4 is 4.57 Å². The first-order chi connectivity index (χ1) is 27.2. The highest BCUT2D eigenvalue weighted by atomic mass is 16.3. The summed E-state index contributed by atoms with van der Waals surface area (Å²) < 4.78 is 11.7. The average molecular weight is 727 g/mol. The van der Waals surface area contributed by atoms with Crippen molar-refractivity contribution >= 4 is 33.0 Å². The minimum Gasteiger partial charge on any atom is -0.455 e. The highest BCUT2D eigenvalue weighted by Crippen LogP contribution is 2.44. The lowest BCUT2D eigenvalue weighted by atomic mass is 9.87. The highest BCUT2D eigenvalue weighted by molar-refractivity contribution is 6.13. The van der Waals surface area contributed by atoms with Crippen molar-refractivity contribution in [2.45, 2.75) is 46.5 Å². The number of hydrogen-bond donors (Lipinski definition) is 0. The molecule has 56 heavy (non-hydrogen) atoms. The Morgan fingerprint density at radius 1 is 0.607 bits per heavy atom. The van der Waals surface area contributed by atoms with Gasteiger partial charge in [0.1, 0.15) is 16.8 Å². The van der Waals surface area contributed by atoms with Crippen molar-refractivity contribution in [2.75, 3.05) is 0 Å². The standard InChI is InChI=1S/C52H44N3O/c1-32(2)43-28-40(38-23-21-37(22-24-38)35-15-9-7-10-16-35)29-44(33(3)4)50(43)55-46-20-14-13-19-45(46)54(6)52(55)48-34(5)27-41(31-53)49-42-26-25-39(30-47(42)56-51(48)49)36-17-11-8-12-18-36/h7-30,32-33H,1-6H3/q+1. The van der Waals surface area contributed by atoms with E-state index in [1.807, 2.05) is 12.1 Å². The molecule has 7 aromatic carbocycles. The molecule has 4 heteroatoms. The normalized spacial score (nSPS) is 11.7. The first-order valence-corrected chi connectivity index (χ1v) is 19.5. The Bertz CT molecular complexity index is 2950. The molecular weight excluding hydrogens is 683 g/mol. The molecule has 0 N–H and O–H groups in total. The molecule has 9 rings (SSSR count). The fourth-order valence-corrected chi connectivity index (χ4v) is 8.55. The van der Waals surface area contributed by atoms with Gasteiger partial charge in [-0.2, -0.15) is 9.83 Å². The lowest BCUT2D eigenvalue weighted by Crippen LogP contribution is -2.30. The van der Waals surface area contributed by atoms with Crippen LogP contribution in [0.25, 0.3) is 83.4 Å². The van der Waals surface area contributed by atoms with Crippen LogP contribution in [0.15, 0.2) is 150 Å². The second-order valence-electron chi connectivity index (χ2n) is 15.6. The number of aryl methyl sites for hydroxylation is 2. The van der Waals surface area contributed by atoms with Gasteiger partial charge in [0.25, 0.3) is 5.82 Å². The number of nitrogens with zero attached hydrogens (tertiary/aromatic N) is 3. The fraction of sp³-hybridized carbons (Fsp3) is 0.154. The molecule has 272 valence electrons. The van der Waals surface area contributed by atoms with Crippen LogP contribution in [0.1, 0.15) is 61.8 Å². The Balaban J connectivity index is 1.32. The second-order valence-corrected chi connectivity index (χ2v) is 15.6. The molecule has 0 aliphatic heterocycles. The van der Waals surface area contributed by atoms with E-state index in [0.29, 0.717) is 5.56 Å². The van der Waals surface area contributed by atoms with Crippen molar-refractivity contribution in [3.8, 4) is 56.5 Å². The monoisotopic (exact) mass is 726 g/mol. The number of benzene rings is 7. The van der Waals surface area contributed by atoms with Gasteiger partial charge in [-0.25, -0.2) is 4.57 Å². The topological polar surface area (TPSA) is 45.7 Å². The van der Waals surface area contributed by atoms with E-state index in [2.05, 4.69) is 190 Å². The number of imidazole rings is 1. The maximum absolute atomic E-state index is 10.5. The van der Waals surface area contributed by atoms with Gasteiger partial charge in [0.2, 0.25) is 0 Å². The summed E-state index contributed by atoms with van der Waals surface area (Å²) in [7, 11) is 2.15. The number of hydrogen-bond acceptors (Lipinski definition) is 2. The molecule has 0 amide bonds. The van der Waals surface area contributed by atoms with Gasteiger partial charge in [0.15, 0.2) is 16.6 Å². The van der Waals surface area contributed by atoms with Gasteiger partial charge in [-0.1, -0.05) is 131 Å². The largest absolute Gasteiger partial charge is 0.455 e. The van der Waals surface area contributed by atoms with Crippen LogP contribution in [0.5, 0.6) is 0 Å². The van der Waals surface area contributed by atoms with E-state index in [0.717, 1.165) is 61.1 Å². The van der Waals surface area contributed by atoms with Crippen LogP contribution in [0.3, 0.4) is 0 Å². The maximum atomic E-state index is 10.5. The van der Waals surface area contributed by atoms with E-state index in [-0.39, 0.29) is 11.8 Å². The zero-order valence-corrected chi connectivity index (χ0v) is 32.8. The summed E-state index contributed by atoms with van der Waals surface area (Å²) in [6, 6.07) is 54.2. The third-order valence-corrected chi connectivity index (χ3v) is 11.4. The zero-order chi connectivity index (χ0) is 38.7. The van der Waals surface area contributed by atoms with Gasteiger partial charge in [0.05, 0.1) is 18.7 Å². The van der Waals surface area contributed by atoms with Crippen LogP contribution in [0, 0.1) is 18.3 Å². The van der Waals surface area contributed by atoms with Gasteiger partial charge in [-0.05, 0) is 100 Å². The van der Waals surface area contributed by atoms with Crippen molar-refractivity contribution in [3.05, 3.63) is 168 Å². The molecule has 0 spiro atoms. The first kappa shape index (κ1) is 35.0. The molecule has 0 radical (unpaired) electrons. The van der Waals surface area contributed by atoms with Crippen molar-refractivity contribution in [3.63, 3.8) is 0 Å². The van der Waals surface area contributed by atoms with E-state index in [9.17, 15) is 5.26 Å². The average Bonchev–Trinajstić information content (AvgIpc) is 3.75. The van der Waals surface area contributed by atoms with E-state index >= 15 is 0 Å². The van der Waals surface area contributed by atoms with Gasteiger partial charge in [0, 0.05) is 21.9 Å². The summed E-state index contributed by atoms with van der Waals surface area (Å²) in [5.41, 5.74) is 17.1. The van der Waals surface area contributed by atoms with Gasteiger partial charge in [-0.15, -0.1) is 0 Å². The van der Waals surface area contributed by atoms with Crippen molar-refractivity contribution in [1.29, 1.82) is 5.26 Å². The molecule has 0 saturated heterocycles. The summed E-state index contributed by atoms with van der Waals surface area (Å²) in [5.74, 6) is 1.48. The van der Waals surface area contributed by atoms with Crippen LogP contribution >= 0.6 is 0 Å². The Hall–Kier alpha value is -6.70. The minimum absolute atomic E-state index is 0.232. The van der Waals surface area contributed by atoms with Crippen molar-refractivity contribution in [1.82, 2.24) is 4.57 Å². The molecule has 0 fully saturated rings. The Morgan fingerprint density at radius 2 is 1.14 bits per heavy atom. The van der Waals surface area contributed by atoms with E-state index < -0.39 is 0 Å². The first-order valence-electron chi connectivity index (χ1n) is 19.5. The van der Waals surface area contributed by atoms with Gasteiger partial charge in [-0.3, -0.25) is 0 Å². The predicted octanol–water partition coefficient (Wildman–Crippen LogP) is 13.4. The molecule has 0 atom stereocenters. The molecule has 0 unspecified atom stereocenters. The SMILES string of the molecule is Cc1cc(C#N)c2c(oc3cc(-c4ccccc4)ccc32)c1-c1n(-c2c(C(C)C)cc(-c3ccc(-c4ccccc4)cc3)cc2C(C)C)c2ccccc2[n+]1C. The molecule has 0 bridgehead atoms. The summed E-state index contributed by atoms with van der Waals surface area (Å²) in [6.45, 7) is 11.3. The fourth-order valence-electron chi connectivity index (χ4n) is 8.55. The summed E-state index contributed by atoms with van der Waals surface area (Å²) in [5, 5.41) is 12.3. The smallest absolute Gasteiger partial charge is 0.299 e. The third kappa shape index (κ3) is 5.71. The van der Waals surface area contributed by atoms with Crippen molar-refractivity contribution in [2.24, 2.45) is 7.05 Å². The summed E-state index contributed by atoms with van der Waals surface area (Å²) in [6.07, 6.45) is 0. The van der Waals surface area contributed by atoms with Crippen molar-refractivity contribution < 1.29 is 8.98 Å². The van der Waals surface area contributed by atoms with E-state index in [4.69, 9.17) is 4.42 Å². The van der Waals surface area contributed by atoms with Crippen LogP contribution in [0.2, 0.25) is 0 Å². The quantitative estimate of drug-likeness (QED) is 0.154. The highest BCUT2D eigenvalue weighted by Gasteiger charge is 2.34. The number of para-hydroxylation sites is 2. The zero-order valence-electron chi connectivity index (χ0n) is 32.8. The summed E-state index contributed by atoms with van der Waals surface area (Å²) >= 11 is 0. The van der Waals surface area contributed by atoms with Crippen LogP contribution in [-0.4, -0.2) is 4.57 Å².